The van der Waals surface area contributed by atoms with Gasteiger partial charge in [0.25, 0.3) is 0 Å². The Morgan fingerprint density at radius 3 is 2.77 bits per heavy atom. The minimum atomic E-state index is -0.556. The van der Waals surface area contributed by atoms with Gasteiger partial charge in [-0.15, -0.1) is 5.10 Å². The molecule has 0 spiro atoms. The summed E-state index contributed by atoms with van der Waals surface area (Å²) in [5.74, 6) is 0.518. The van der Waals surface area contributed by atoms with E-state index in [0.717, 1.165) is 10.2 Å². The summed E-state index contributed by atoms with van der Waals surface area (Å²) in [5, 5.41) is 14.4. The van der Waals surface area contributed by atoms with Crippen molar-refractivity contribution in [2.75, 3.05) is 0 Å². The summed E-state index contributed by atoms with van der Waals surface area (Å²) in [5.41, 5.74) is 0.243. The van der Waals surface area contributed by atoms with Crippen molar-refractivity contribution in [3.63, 3.8) is 0 Å². The Hall–Kier alpha value is -1.96. The molecule has 1 unspecified atom stereocenters. The van der Waals surface area contributed by atoms with Gasteiger partial charge in [0, 0.05) is 4.47 Å². The molecule has 2 aromatic rings. The molecule has 0 bridgehead atoms. The van der Waals surface area contributed by atoms with E-state index in [9.17, 15) is 4.79 Å². The van der Waals surface area contributed by atoms with Gasteiger partial charge in [0.2, 0.25) is 0 Å². The molecular formula is C14H18BrN5O2. The van der Waals surface area contributed by atoms with Gasteiger partial charge in [-0.05, 0) is 56.3 Å². The first-order valence-corrected chi connectivity index (χ1v) is 7.59. The van der Waals surface area contributed by atoms with Crippen molar-refractivity contribution in [2.24, 2.45) is 0 Å². The number of nitrogens with one attached hydrogen (secondary N) is 1. The van der Waals surface area contributed by atoms with Crippen LogP contribution in [0, 0.1) is 0 Å². The summed E-state index contributed by atoms with van der Waals surface area (Å²) in [4.78, 5) is 11.8. The number of benzene rings is 1. The zero-order valence-electron chi connectivity index (χ0n) is 12.9. The van der Waals surface area contributed by atoms with E-state index in [1.165, 1.54) is 0 Å². The van der Waals surface area contributed by atoms with Crippen molar-refractivity contribution in [1.82, 2.24) is 25.5 Å². The molecule has 7 nitrogen and oxygen atoms in total. The van der Waals surface area contributed by atoms with Crippen LogP contribution in [0.25, 0.3) is 5.69 Å². The van der Waals surface area contributed by atoms with E-state index in [-0.39, 0.29) is 0 Å². The number of carbonyl (C=O) groups excluding carboxylic acids is 1. The Morgan fingerprint density at radius 2 is 2.14 bits per heavy atom. The highest BCUT2D eigenvalue weighted by atomic mass is 79.9. The van der Waals surface area contributed by atoms with Gasteiger partial charge in [0.15, 0.2) is 5.82 Å². The Morgan fingerprint density at radius 1 is 1.41 bits per heavy atom. The highest BCUT2D eigenvalue weighted by molar-refractivity contribution is 9.10. The highest BCUT2D eigenvalue weighted by Gasteiger charge is 2.22. The lowest BCUT2D eigenvalue weighted by Gasteiger charge is -2.21. The van der Waals surface area contributed by atoms with Crippen molar-refractivity contribution in [3.8, 4) is 5.69 Å². The second-order valence-electron chi connectivity index (χ2n) is 5.80. The number of nitrogens with zero attached hydrogens (tertiary/aromatic N) is 4. The summed E-state index contributed by atoms with van der Waals surface area (Å²) in [6.07, 6.45) is -0.510. The van der Waals surface area contributed by atoms with Crippen molar-refractivity contribution in [1.29, 1.82) is 0 Å². The van der Waals surface area contributed by atoms with E-state index in [0.29, 0.717) is 5.82 Å². The zero-order valence-corrected chi connectivity index (χ0v) is 14.5. The third kappa shape index (κ3) is 4.27. The average molecular weight is 368 g/mol. The second-order valence-corrected chi connectivity index (χ2v) is 6.71. The number of aromatic nitrogens is 4. The van der Waals surface area contributed by atoms with Crippen molar-refractivity contribution >= 4 is 22.0 Å². The first-order valence-electron chi connectivity index (χ1n) is 6.80. The van der Waals surface area contributed by atoms with Gasteiger partial charge >= 0.3 is 6.09 Å². The van der Waals surface area contributed by atoms with Crippen LogP contribution in [0.1, 0.15) is 39.6 Å². The van der Waals surface area contributed by atoms with Crippen LogP contribution in [0.4, 0.5) is 4.79 Å². The number of tetrazole rings is 1. The van der Waals surface area contributed by atoms with Crippen LogP contribution in [-0.2, 0) is 4.74 Å². The fraction of sp³-hybridized carbons (Fsp3) is 0.429. The van der Waals surface area contributed by atoms with E-state index in [4.69, 9.17) is 4.74 Å². The molecule has 1 N–H and O–H groups in total. The number of hydrogen-bond donors (Lipinski definition) is 1. The standard InChI is InChI=1S/C14H18BrN5O2/c1-9(16-13(21)22-14(2,3)4)12-17-18-19-20(12)11-7-5-6-10(15)8-11/h5-9H,1-4H3,(H,16,21). The second kappa shape index (κ2) is 6.43. The summed E-state index contributed by atoms with van der Waals surface area (Å²) in [6.45, 7) is 7.22. The smallest absolute Gasteiger partial charge is 0.408 e. The number of carbonyl (C=O) groups is 1. The zero-order chi connectivity index (χ0) is 16.3. The topological polar surface area (TPSA) is 81.9 Å². The molecule has 1 aromatic carbocycles. The van der Waals surface area contributed by atoms with Gasteiger partial charge < -0.3 is 10.1 Å². The number of alkyl carbamates (subject to hydrolysis) is 1. The summed E-state index contributed by atoms with van der Waals surface area (Å²) in [7, 11) is 0. The molecule has 1 heterocycles. The van der Waals surface area contributed by atoms with Crippen LogP contribution in [0.15, 0.2) is 28.7 Å². The van der Waals surface area contributed by atoms with Crippen molar-refractivity contribution < 1.29 is 9.53 Å². The van der Waals surface area contributed by atoms with Crippen molar-refractivity contribution in [3.05, 3.63) is 34.6 Å². The molecule has 118 valence electrons. The van der Waals surface area contributed by atoms with Crippen LogP contribution < -0.4 is 5.32 Å². The van der Waals surface area contributed by atoms with E-state index < -0.39 is 17.7 Å². The Balaban J connectivity index is 2.17. The predicted octanol–water partition coefficient (Wildman–Crippen LogP) is 3.01. The van der Waals surface area contributed by atoms with E-state index in [1.807, 2.05) is 45.0 Å². The van der Waals surface area contributed by atoms with Crippen LogP contribution in [0.5, 0.6) is 0 Å². The average Bonchev–Trinajstić information content (AvgIpc) is 2.85. The van der Waals surface area contributed by atoms with Crippen LogP contribution in [0.3, 0.4) is 0 Å². The molecule has 0 fully saturated rings. The van der Waals surface area contributed by atoms with Gasteiger partial charge in [0.1, 0.15) is 5.60 Å². The normalized spacial score (nSPS) is 12.8. The Kier molecular flexibility index (Phi) is 4.80. The summed E-state index contributed by atoms with van der Waals surface area (Å²) in [6, 6.07) is 7.17. The Bertz CT molecular complexity index is 665. The van der Waals surface area contributed by atoms with Gasteiger partial charge in [-0.3, -0.25) is 0 Å². The molecule has 0 aliphatic carbocycles. The number of rotatable bonds is 3. The maximum absolute atomic E-state index is 11.8. The lowest BCUT2D eigenvalue weighted by molar-refractivity contribution is 0.0505. The number of hydrogen-bond acceptors (Lipinski definition) is 5. The quantitative estimate of drug-likeness (QED) is 0.901. The summed E-state index contributed by atoms with van der Waals surface area (Å²) >= 11 is 3.41. The van der Waals surface area contributed by atoms with E-state index in [2.05, 4.69) is 36.8 Å². The highest BCUT2D eigenvalue weighted by Crippen LogP contribution is 2.18. The molecule has 0 radical (unpaired) electrons. The number of ether oxygens (including phenoxy) is 1. The van der Waals surface area contributed by atoms with E-state index >= 15 is 0 Å². The Labute approximate surface area is 137 Å². The molecular weight excluding hydrogens is 350 g/mol. The first kappa shape index (κ1) is 16.4. The van der Waals surface area contributed by atoms with Gasteiger partial charge in [-0.2, -0.15) is 4.68 Å². The van der Waals surface area contributed by atoms with Gasteiger partial charge in [-0.25, -0.2) is 4.79 Å². The maximum Gasteiger partial charge on any atom is 0.408 e. The lowest BCUT2D eigenvalue weighted by atomic mass is 10.2. The minimum Gasteiger partial charge on any atom is -0.444 e. The molecule has 0 saturated carbocycles. The minimum absolute atomic E-state index is 0.399. The monoisotopic (exact) mass is 367 g/mol. The largest absolute Gasteiger partial charge is 0.444 e. The number of amides is 1. The van der Waals surface area contributed by atoms with Gasteiger partial charge in [-0.1, -0.05) is 22.0 Å². The molecule has 1 aromatic heterocycles. The summed E-state index contributed by atoms with van der Waals surface area (Å²) < 4.78 is 7.73. The van der Waals surface area contributed by atoms with Crippen LogP contribution in [-0.4, -0.2) is 31.9 Å². The third-order valence-corrected chi connectivity index (χ3v) is 3.16. The van der Waals surface area contributed by atoms with Gasteiger partial charge in [0.05, 0.1) is 11.7 Å². The molecule has 0 saturated heterocycles. The molecule has 2 rings (SSSR count). The SMILES string of the molecule is CC(NC(=O)OC(C)(C)C)c1nnnn1-c1cccc(Br)c1. The maximum atomic E-state index is 11.8. The molecule has 8 heteroatoms. The molecule has 1 atom stereocenters. The van der Waals surface area contributed by atoms with Crippen molar-refractivity contribution in [2.45, 2.75) is 39.3 Å². The molecule has 22 heavy (non-hydrogen) atoms. The first-order chi connectivity index (χ1) is 10.3. The molecule has 0 aliphatic rings. The molecule has 1 amide bonds. The van der Waals surface area contributed by atoms with Crippen LogP contribution >= 0.6 is 15.9 Å². The number of halogens is 1. The lowest BCUT2D eigenvalue weighted by Crippen LogP contribution is -2.34. The van der Waals surface area contributed by atoms with E-state index in [1.54, 1.807) is 11.6 Å². The molecule has 0 aliphatic heterocycles. The third-order valence-electron chi connectivity index (χ3n) is 2.67. The fourth-order valence-electron chi connectivity index (χ4n) is 1.80. The predicted molar refractivity (Wildman–Crippen MR) is 84.6 cm³/mol. The fourth-order valence-corrected chi connectivity index (χ4v) is 2.19. The van der Waals surface area contributed by atoms with Crippen LogP contribution in [0.2, 0.25) is 0 Å².